The van der Waals surface area contributed by atoms with Gasteiger partial charge in [-0.15, -0.1) is 0 Å². The number of nitrogens with two attached hydrogens (primary N) is 1. The largest absolute Gasteiger partial charge is 0.393 e. The van der Waals surface area contributed by atoms with Crippen molar-refractivity contribution in [1.82, 2.24) is 0 Å². The van der Waals surface area contributed by atoms with Gasteiger partial charge in [0.25, 0.3) is 0 Å². The summed E-state index contributed by atoms with van der Waals surface area (Å²) in [6.07, 6.45) is 0. The molecule has 0 saturated carbocycles. The molecule has 0 fully saturated rings. The van der Waals surface area contributed by atoms with E-state index in [1.807, 2.05) is 38.1 Å². The minimum atomic E-state index is -0.435. The van der Waals surface area contributed by atoms with E-state index in [1.165, 1.54) is 0 Å². The zero-order chi connectivity index (χ0) is 14.6. The van der Waals surface area contributed by atoms with Gasteiger partial charge in [-0.2, -0.15) is 0 Å². The molecule has 0 aliphatic rings. The van der Waals surface area contributed by atoms with Gasteiger partial charge in [-0.1, -0.05) is 58.1 Å². The van der Waals surface area contributed by atoms with Gasteiger partial charge in [-0.25, -0.2) is 0 Å². The molecule has 1 unspecified atom stereocenters. The van der Waals surface area contributed by atoms with Crippen molar-refractivity contribution >= 4 is 28.8 Å². The molecule has 3 N–H and O–H groups in total. The van der Waals surface area contributed by atoms with E-state index in [9.17, 15) is 4.79 Å². The summed E-state index contributed by atoms with van der Waals surface area (Å²) < 4.78 is 0. The van der Waals surface area contributed by atoms with Crippen molar-refractivity contribution in [1.29, 1.82) is 0 Å². The first-order chi connectivity index (χ1) is 8.84. The molecule has 104 valence electrons. The summed E-state index contributed by atoms with van der Waals surface area (Å²) in [6, 6.07) is 7.81. The summed E-state index contributed by atoms with van der Waals surface area (Å²) in [5.74, 6) is -0.131. The standard InChI is InChI=1S/C15H22N2OS/c1-9(2)11-7-5-6-8-12(11)17-15(18)13(10(3)4)14(16)19/h5-10,13H,1-4H3,(H2,16,19)(H,17,18). The van der Waals surface area contributed by atoms with E-state index in [2.05, 4.69) is 19.2 Å². The van der Waals surface area contributed by atoms with Crippen molar-refractivity contribution in [2.24, 2.45) is 17.6 Å². The van der Waals surface area contributed by atoms with Crippen LogP contribution < -0.4 is 11.1 Å². The monoisotopic (exact) mass is 278 g/mol. The third kappa shape index (κ3) is 4.03. The van der Waals surface area contributed by atoms with Crippen LogP contribution in [0.1, 0.15) is 39.2 Å². The predicted octanol–water partition coefficient (Wildman–Crippen LogP) is 3.31. The molecule has 0 saturated heterocycles. The number of anilines is 1. The first-order valence-corrected chi connectivity index (χ1v) is 6.94. The average Bonchev–Trinajstić information content (AvgIpc) is 2.27. The van der Waals surface area contributed by atoms with Gasteiger partial charge in [0.2, 0.25) is 5.91 Å². The highest BCUT2D eigenvalue weighted by molar-refractivity contribution is 7.80. The maximum atomic E-state index is 12.3. The zero-order valence-corrected chi connectivity index (χ0v) is 12.8. The lowest BCUT2D eigenvalue weighted by atomic mass is 9.94. The van der Waals surface area contributed by atoms with Crippen LogP contribution in [0.5, 0.6) is 0 Å². The minimum absolute atomic E-state index is 0.0868. The van der Waals surface area contributed by atoms with Crippen LogP contribution in [-0.4, -0.2) is 10.9 Å². The normalized spacial score (nSPS) is 12.5. The molecule has 0 bridgehead atoms. The van der Waals surface area contributed by atoms with Crippen LogP contribution in [0, 0.1) is 11.8 Å². The molecule has 19 heavy (non-hydrogen) atoms. The number of carbonyl (C=O) groups excluding carboxylic acids is 1. The fraction of sp³-hybridized carbons (Fsp3) is 0.467. The highest BCUT2D eigenvalue weighted by Crippen LogP contribution is 2.25. The second-order valence-electron chi connectivity index (χ2n) is 5.36. The summed E-state index contributed by atoms with van der Waals surface area (Å²) in [7, 11) is 0. The molecule has 0 heterocycles. The molecular formula is C15H22N2OS. The first-order valence-electron chi connectivity index (χ1n) is 6.53. The number of hydrogen-bond acceptors (Lipinski definition) is 2. The van der Waals surface area contributed by atoms with Gasteiger partial charge in [-0.05, 0) is 23.5 Å². The Labute approximate surface area is 120 Å². The van der Waals surface area contributed by atoms with Gasteiger partial charge in [-0.3, -0.25) is 4.79 Å². The van der Waals surface area contributed by atoms with Crippen molar-refractivity contribution < 1.29 is 4.79 Å². The SMILES string of the molecule is CC(C)c1ccccc1NC(=O)C(C(N)=S)C(C)C. The van der Waals surface area contributed by atoms with Crippen molar-refractivity contribution in [3.05, 3.63) is 29.8 Å². The van der Waals surface area contributed by atoms with Crippen molar-refractivity contribution in [3.63, 3.8) is 0 Å². The molecular weight excluding hydrogens is 256 g/mol. The summed E-state index contributed by atoms with van der Waals surface area (Å²) in [6.45, 7) is 8.08. The molecule has 0 radical (unpaired) electrons. The topological polar surface area (TPSA) is 55.1 Å². The van der Waals surface area contributed by atoms with E-state index in [0.717, 1.165) is 11.3 Å². The fourth-order valence-electron chi connectivity index (χ4n) is 2.09. The Kier molecular flexibility index (Phi) is 5.48. The van der Waals surface area contributed by atoms with E-state index in [-0.39, 0.29) is 16.8 Å². The van der Waals surface area contributed by atoms with Crippen molar-refractivity contribution in [2.45, 2.75) is 33.6 Å². The lowest BCUT2D eigenvalue weighted by molar-refractivity contribution is -0.118. The maximum Gasteiger partial charge on any atom is 0.234 e. The average molecular weight is 278 g/mol. The van der Waals surface area contributed by atoms with Crippen molar-refractivity contribution in [3.8, 4) is 0 Å². The Morgan fingerprint density at radius 3 is 2.26 bits per heavy atom. The number of thiocarbonyl (C=S) groups is 1. The smallest absolute Gasteiger partial charge is 0.234 e. The molecule has 1 aromatic rings. The van der Waals surface area contributed by atoms with Gasteiger partial charge in [0, 0.05) is 5.69 Å². The second kappa shape index (κ2) is 6.66. The quantitative estimate of drug-likeness (QED) is 0.812. The van der Waals surface area contributed by atoms with Crippen LogP contribution in [0.15, 0.2) is 24.3 Å². The Morgan fingerprint density at radius 1 is 1.21 bits per heavy atom. The lowest BCUT2D eigenvalue weighted by Gasteiger charge is -2.20. The molecule has 0 aliphatic heterocycles. The number of benzene rings is 1. The van der Waals surface area contributed by atoms with Crippen LogP contribution in [0.4, 0.5) is 5.69 Å². The summed E-state index contributed by atoms with van der Waals surface area (Å²) >= 11 is 4.99. The molecule has 1 aromatic carbocycles. The zero-order valence-electron chi connectivity index (χ0n) is 11.9. The Bertz CT molecular complexity index is 469. The van der Waals surface area contributed by atoms with Gasteiger partial charge in [0.15, 0.2) is 0 Å². The molecule has 1 amide bonds. The van der Waals surface area contributed by atoms with Gasteiger partial charge in [0.05, 0.1) is 10.9 Å². The highest BCUT2D eigenvalue weighted by atomic mass is 32.1. The minimum Gasteiger partial charge on any atom is -0.393 e. The number of carbonyl (C=O) groups is 1. The third-order valence-electron chi connectivity index (χ3n) is 3.10. The number of nitrogens with one attached hydrogen (secondary N) is 1. The summed E-state index contributed by atoms with van der Waals surface area (Å²) in [5.41, 5.74) is 7.61. The maximum absolute atomic E-state index is 12.3. The first kappa shape index (κ1) is 15.6. The number of hydrogen-bond donors (Lipinski definition) is 2. The van der Waals surface area contributed by atoms with E-state index in [0.29, 0.717) is 5.92 Å². The summed E-state index contributed by atoms with van der Waals surface area (Å²) in [4.78, 5) is 12.5. The highest BCUT2D eigenvalue weighted by Gasteiger charge is 2.25. The molecule has 1 atom stereocenters. The van der Waals surface area contributed by atoms with Crippen LogP contribution in [0.2, 0.25) is 0 Å². The molecule has 3 nitrogen and oxygen atoms in total. The number of para-hydroxylation sites is 1. The summed E-state index contributed by atoms with van der Waals surface area (Å²) in [5, 5.41) is 2.95. The predicted molar refractivity (Wildman–Crippen MR) is 84.3 cm³/mol. The number of rotatable bonds is 5. The molecule has 0 aromatic heterocycles. The number of amides is 1. The lowest BCUT2D eigenvalue weighted by Crippen LogP contribution is -2.37. The van der Waals surface area contributed by atoms with E-state index < -0.39 is 5.92 Å². The Balaban J connectivity index is 2.96. The van der Waals surface area contributed by atoms with Crippen molar-refractivity contribution in [2.75, 3.05) is 5.32 Å². The molecule has 4 heteroatoms. The van der Waals surface area contributed by atoms with Gasteiger partial charge >= 0.3 is 0 Å². The van der Waals surface area contributed by atoms with Crippen LogP contribution >= 0.6 is 12.2 Å². The molecule has 1 rings (SSSR count). The van der Waals surface area contributed by atoms with Crippen LogP contribution in [-0.2, 0) is 4.79 Å². The van der Waals surface area contributed by atoms with Gasteiger partial charge in [0.1, 0.15) is 0 Å². The van der Waals surface area contributed by atoms with E-state index >= 15 is 0 Å². The second-order valence-corrected chi connectivity index (χ2v) is 5.83. The molecule has 0 aliphatic carbocycles. The fourth-order valence-corrected chi connectivity index (χ4v) is 2.46. The van der Waals surface area contributed by atoms with Gasteiger partial charge < -0.3 is 11.1 Å². The Morgan fingerprint density at radius 2 is 1.79 bits per heavy atom. The van der Waals surface area contributed by atoms with Crippen LogP contribution in [0.3, 0.4) is 0 Å². The van der Waals surface area contributed by atoms with E-state index in [4.69, 9.17) is 18.0 Å². The van der Waals surface area contributed by atoms with E-state index in [1.54, 1.807) is 0 Å². The van der Waals surface area contributed by atoms with Crippen LogP contribution in [0.25, 0.3) is 0 Å². The molecule has 0 spiro atoms. The Hall–Kier alpha value is -1.42. The third-order valence-corrected chi connectivity index (χ3v) is 3.35.